The average Bonchev–Trinajstić information content (AvgIpc) is 2.01. The highest BCUT2D eigenvalue weighted by Crippen LogP contribution is 2.29. The summed E-state index contributed by atoms with van der Waals surface area (Å²) in [4.78, 5) is 0. The predicted octanol–water partition coefficient (Wildman–Crippen LogP) is 2.73. The Hall–Kier alpha value is -0.940. The van der Waals surface area contributed by atoms with Crippen LogP contribution in [-0.4, -0.2) is 11.5 Å². The number of rotatable bonds is 2. The van der Waals surface area contributed by atoms with Gasteiger partial charge in [-0.2, -0.15) is 0 Å². The second kappa shape index (κ2) is 4.06. The maximum Gasteiger partial charge on any atom is 0.573 e. The van der Waals surface area contributed by atoms with Crippen molar-refractivity contribution in [3.8, 4) is 5.75 Å². The van der Waals surface area contributed by atoms with E-state index in [4.69, 9.17) is 16.7 Å². The first kappa shape index (κ1) is 11.1. The summed E-state index contributed by atoms with van der Waals surface area (Å²) in [5, 5.41) is 8.83. The summed E-state index contributed by atoms with van der Waals surface area (Å²) in [6, 6.07) is 3.64. The molecule has 0 atom stereocenters. The van der Waals surface area contributed by atoms with Crippen molar-refractivity contribution in [3.63, 3.8) is 0 Å². The zero-order chi connectivity index (χ0) is 10.8. The number of aliphatic hydroxyl groups excluding tert-OH is 1. The van der Waals surface area contributed by atoms with Gasteiger partial charge in [0, 0.05) is 10.6 Å². The fourth-order valence-corrected chi connectivity index (χ4v) is 1.04. The third-order valence-corrected chi connectivity index (χ3v) is 1.66. The largest absolute Gasteiger partial charge is 0.573 e. The third kappa shape index (κ3) is 3.08. The van der Waals surface area contributed by atoms with E-state index in [-0.39, 0.29) is 10.6 Å². The highest BCUT2D eigenvalue weighted by molar-refractivity contribution is 6.30. The van der Waals surface area contributed by atoms with Crippen molar-refractivity contribution >= 4 is 11.6 Å². The van der Waals surface area contributed by atoms with Gasteiger partial charge in [0.15, 0.2) is 0 Å². The second-order valence-corrected chi connectivity index (χ2v) is 2.89. The van der Waals surface area contributed by atoms with Gasteiger partial charge in [-0.05, 0) is 12.1 Å². The first-order valence-electron chi connectivity index (χ1n) is 3.57. The van der Waals surface area contributed by atoms with Gasteiger partial charge in [-0.25, -0.2) is 0 Å². The predicted molar refractivity (Wildman–Crippen MR) is 44.1 cm³/mol. The van der Waals surface area contributed by atoms with Gasteiger partial charge in [0.05, 0.1) is 6.61 Å². The molecule has 0 saturated heterocycles. The first-order valence-corrected chi connectivity index (χ1v) is 3.95. The van der Waals surface area contributed by atoms with E-state index in [1.165, 1.54) is 12.1 Å². The molecule has 0 saturated carbocycles. The summed E-state index contributed by atoms with van der Waals surface area (Å²) in [5.41, 5.74) is 0.0340. The van der Waals surface area contributed by atoms with Crippen molar-refractivity contribution in [2.75, 3.05) is 0 Å². The number of hydrogen-bond acceptors (Lipinski definition) is 2. The number of aliphatic hydroxyl groups is 1. The molecule has 0 aliphatic carbocycles. The van der Waals surface area contributed by atoms with Gasteiger partial charge in [0.25, 0.3) is 0 Å². The van der Waals surface area contributed by atoms with Crippen molar-refractivity contribution in [2.45, 2.75) is 13.0 Å². The Bertz CT molecular complexity index is 325. The highest BCUT2D eigenvalue weighted by Gasteiger charge is 2.32. The standard InChI is InChI=1S/C8H6ClF3O2/c9-6-2-1-5(4-13)7(3-6)14-8(10,11)12/h1-3,13H,4H2. The van der Waals surface area contributed by atoms with Crippen LogP contribution in [-0.2, 0) is 6.61 Å². The number of ether oxygens (including phenoxy) is 1. The van der Waals surface area contributed by atoms with Crippen LogP contribution < -0.4 is 4.74 Å². The van der Waals surface area contributed by atoms with Crippen LogP contribution >= 0.6 is 11.6 Å². The van der Waals surface area contributed by atoms with Gasteiger partial charge in [-0.15, -0.1) is 13.2 Å². The molecule has 0 aliphatic heterocycles. The molecule has 0 bridgehead atoms. The minimum atomic E-state index is -4.78. The molecule has 0 fully saturated rings. The summed E-state index contributed by atoms with van der Waals surface area (Å²) in [7, 11) is 0. The number of alkyl halides is 3. The minimum absolute atomic E-state index is 0.0340. The molecule has 0 heterocycles. The molecule has 1 rings (SSSR count). The fourth-order valence-electron chi connectivity index (χ4n) is 0.879. The van der Waals surface area contributed by atoms with Gasteiger partial charge in [0.1, 0.15) is 5.75 Å². The number of hydrogen-bond donors (Lipinski definition) is 1. The Kier molecular flexibility index (Phi) is 3.23. The van der Waals surface area contributed by atoms with Gasteiger partial charge >= 0.3 is 6.36 Å². The summed E-state index contributed by atoms with van der Waals surface area (Å²) >= 11 is 5.47. The van der Waals surface area contributed by atoms with E-state index in [1.54, 1.807) is 0 Å². The SMILES string of the molecule is OCc1ccc(Cl)cc1OC(F)(F)F. The Morgan fingerprint density at radius 2 is 2.00 bits per heavy atom. The number of benzene rings is 1. The summed E-state index contributed by atoms with van der Waals surface area (Å²) < 4.78 is 39.2. The molecule has 14 heavy (non-hydrogen) atoms. The minimum Gasteiger partial charge on any atom is -0.405 e. The van der Waals surface area contributed by atoms with E-state index in [9.17, 15) is 13.2 Å². The molecule has 1 N–H and O–H groups in total. The Morgan fingerprint density at radius 3 is 2.50 bits per heavy atom. The van der Waals surface area contributed by atoms with E-state index in [0.717, 1.165) is 6.07 Å². The maximum atomic E-state index is 11.8. The van der Waals surface area contributed by atoms with Crippen molar-refractivity contribution in [2.24, 2.45) is 0 Å². The maximum absolute atomic E-state index is 11.8. The fraction of sp³-hybridized carbons (Fsp3) is 0.250. The summed E-state index contributed by atoms with van der Waals surface area (Å²) in [6.07, 6.45) is -4.78. The Balaban J connectivity index is 2.99. The smallest absolute Gasteiger partial charge is 0.405 e. The molecular formula is C8H6ClF3O2. The van der Waals surface area contributed by atoms with Crippen LogP contribution in [0.3, 0.4) is 0 Å². The van der Waals surface area contributed by atoms with Crippen LogP contribution in [0.4, 0.5) is 13.2 Å². The van der Waals surface area contributed by atoms with Crippen LogP contribution in [0.2, 0.25) is 5.02 Å². The lowest BCUT2D eigenvalue weighted by molar-refractivity contribution is -0.275. The van der Waals surface area contributed by atoms with Crippen LogP contribution in [0.1, 0.15) is 5.56 Å². The molecule has 1 aromatic carbocycles. The molecule has 0 aromatic heterocycles. The van der Waals surface area contributed by atoms with Crippen molar-refractivity contribution < 1.29 is 23.0 Å². The zero-order valence-corrected chi connectivity index (χ0v) is 7.56. The van der Waals surface area contributed by atoms with Gasteiger partial charge in [0.2, 0.25) is 0 Å². The van der Waals surface area contributed by atoms with Crippen molar-refractivity contribution in [1.82, 2.24) is 0 Å². The Morgan fingerprint density at radius 1 is 1.36 bits per heavy atom. The quantitative estimate of drug-likeness (QED) is 0.840. The van der Waals surface area contributed by atoms with Gasteiger partial charge in [-0.1, -0.05) is 17.7 Å². The lowest BCUT2D eigenvalue weighted by atomic mass is 10.2. The number of halogens is 4. The van der Waals surface area contributed by atoms with Gasteiger partial charge in [-0.3, -0.25) is 0 Å². The highest BCUT2D eigenvalue weighted by atomic mass is 35.5. The molecule has 0 amide bonds. The molecule has 0 unspecified atom stereocenters. The molecule has 78 valence electrons. The molecule has 6 heteroatoms. The third-order valence-electron chi connectivity index (χ3n) is 1.43. The summed E-state index contributed by atoms with van der Waals surface area (Å²) in [5.74, 6) is -0.479. The average molecular weight is 227 g/mol. The lowest BCUT2D eigenvalue weighted by Crippen LogP contribution is -2.18. The molecule has 0 spiro atoms. The van der Waals surface area contributed by atoms with Gasteiger partial charge < -0.3 is 9.84 Å². The van der Waals surface area contributed by atoms with Crippen LogP contribution in [0.15, 0.2) is 18.2 Å². The van der Waals surface area contributed by atoms with Crippen LogP contribution in [0.25, 0.3) is 0 Å². The zero-order valence-electron chi connectivity index (χ0n) is 6.81. The molecule has 0 aliphatic rings. The van der Waals surface area contributed by atoms with E-state index >= 15 is 0 Å². The van der Waals surface area contributed by atoms with Crippen LogP contribution in [0, 0.1) is 0 Å². The molecular weight excluding hydrogens is 221 g/mol. The first-order chi connectivity index (χ1) is 6.42. The van der Waals surface area contributed by atoms with E-state index in [1.807, 2.05) is 0 Å². The van der Waals surface area contributed by atoms with E-state index < -0.39 is 18.7 Å². The van der Waals surface area contributed by atoms with Crippen LogP contribution in [0.5, 0.6) is 5.75 Å². The topological polar surface area (TPSA) is 29.5 Å². The monoisotopic (exact) mass is 226 g/mol. The molecule has 0 radical (unpaired) electrons. The molecule has 1 aromatic rings. The Labute approximate surface area is 82.9 Å². The van der Waals surface area contributed by atoms with Crippen molar-refractivity contribution in [3.05, 3.63) is 28.8 Å². The van der Waals surface area contributed by atoms with E-state index in [0.29, 0.717) is 0 Å². The summed E-state index contributed by atoms with van der Waals surface area (Å²) in [6.45, 7) is -0.539. The van der Waals surface area contributed by atoms with Crippen molar-refractivity contribution in [1.29, 1.82) is 0 Å². The van der Waals surface area contributed by atoms with E-state index in [2.05, 4.69) is 4.74 Å². The lowest BCUT2D eigenvalue weighted by Gasteiger charge is -2.11. The molecule has 2 nitrogen and oxygen atoms in total. The normalized spacial score (nSPS) is 11.5. The second-order valence-electron chi connectivity index (χ2n) is 2.46.